The van der Waals surface area contributed by atoms with Gasteiger partial charge in [0.15, 0.2) is 6.61 Å². The molecule has 0 aliphatic heterocycles. The van der Waals surface area contributed by atoms with Crippen LogP contribution in [0.4, 0.5) is 21.5 Å². The van der Waals surface area contributed by atoms with Gasteiger partial charge in [-0.1, -0.05) is 0 Å². The third-order valence-corrected chi connectivity index (χ3v) is 2.93. The predicted octanol–water partition coefficient (Wildman–Crippen LogP) is 2.11. The Hall–Kier alpha value is -3.49. The van der Waals surface area contributed by atoms with Crippen LogP contribution in [-0.4, -0.2) is 23.4 Å². The highest BCUT2D eigenvalue weighted by Gasteiger charge is 2.17. The Morgan fingerprint density at radius 3 is 2.50 bits per heavy atom. The smallest absolute Gasteiger partial charge is 0.338 e. The van der Waals surface area contributed by atoms with E-state index in [1.165, 1.54) is 24.3 Å². The maximum atomic E-state index is 12.7. The molecule has 0 heterocycles. The number of halogens is 1. The van der Waals surface area contributed by atoms with E-state index in [0.717, 1.165) is 18.2 Å². The van der Waals surface area contributed by atoms with Crippen molar-refractivity contribution >= 4 is 28.9 Å². The van der Waals surface area contributed by atoms with Crippen molar-refractivity contribution in [1.82, 2.24) is 0 Å². The normalized spacial score (nSPS) is 10.0. The number of amides is 1. The minimum atomic E-state index is -0.910. The third kappa shape index (κ3) is 4.26. The summed E-state index contributed by atoms with van der Waals surface area (Å²) in [6, 6.07) is 8.44. The highest BCUT2D eigenvalue weighted by atomic mass is 19.1. The van der Waals surface area contributed by atoms with Crippen LogP contribution in [-0.2, 0) is 9.53 Å². The summed E-state index contributed by atoms with van der Waals surface area (Å²) >= 11 is 0. The van der Waals surface area contributed by atoms with E-state index in [9.17, 15) is 24.1 Å². The summed E-state index contributed by atoms with van der Waals surface area (Å²) in [6.07, 6.45) is 0. The van der Waals surface area contributed by atoms with Crippen LogP contribution in [0, 0.1) is 15.9 Å². The predicted molar refractivity (Wildman–Crippen MR) is 82.8 cm³/mol. The zero-order chi connectivity index (χ0) is 17.7. The molecule has 2 rings (SSSR count). The molecule has 0 saturated carbocycles. The van der Waals surface area contributed by atoms with Crippen LogP contribution >= 0.6 is 0 Å². The van der Waals surface area contributed by atoms with Crippen LogP contribution in [0.5, 0.6) is 0 Å². The minimum Gasteiger partial charge on any atom is -0.452 e. The van der Waals surface area contributed by atoms with Gasteiger partial charge in [-0.15, -0.1) is 0 Å². The van der Waals surface area contributed by atoms with Crippen molar-refractivity contribution in [2.45, 2.75) is 0 Å². The van der Waals surface area contributed by atoms with Gasteiger partial charge in [0, 0.05) is 11.8 Å². The summed E-state index contributed by atoms with van der Waals surface area (Å²) in [7, 11) is 0. The topological polar surface area (TPSA) is 125 Å². The molecule has 3 N–H and O–H groups in total. The Morgan fingerprint density at radius 1 is 1.21 bits per heavy atom. The number of benzene rings is 2. The minimum absolute atomic E-state index is 0.0920. The highest BCUT2D eigenvalue weighted by Crippen LogP contribution is 2.22. The Kier molecular flexibility index (Phi) is 5.05. The van der Waals surface area contributed by atoms with E-state index in [1.807, 2.05) is 0 Å². The third-order valence-electron chi connectivity index (χ3n) is 2.93. The summed E-state index contributed by atoms with van der Waals surface area (Å²) in [5, 5.41) is 13.2. The van der Waals surface area contributed by atoms with Gasteiger partial charge in [-0.2, -0.15) is 0 Å². The van der Waals surface area contributed by atoms with Crippen LogP contribution in [0.1, 0.15) is 10.4 Å². The molecule has 0 radical (unpaired) electrons. The molecule has 0 bridgehead atoms. The molecule has 0 spiro atoms. The first kappa shape index (κ1) is 16.9. The van der Waals surface area contributed by atoms with E-state index in [-0.39, 0.29) is 11.3 Å². The number of carbonyl (C=O) groups is 2. The first-order chi connectivity index (χ1) is 11.4. The van der Waals surface area contributed by atoms with Crippen molar-refractivity contribution in [3.05, 3.63) is 64.0 Å². The van der Waals surface area contributed by atoms with Gasteiger partial charge in [-0.3, -0.25) is 14.9 Å². The number of hydrogen-bond donors (Lipinski definition) is 2. The number of esters is 1. The molecule has 24 heavy (non-hydrogen) atoms. The Bertz CT molecular complexity index is 792. The van der Waals surface area contributed by atoms with E-state index >= 15 is 0 Å². The van der Waals surface area contributed by atoms with Crippen LogP contribution in [0.25, 0.3) is 0 Å². The number of hydrogen-bond acceptors (Lipinski definition) is 6. The quantitative estimate of drug-likeness (QED) is 0.374. The number of nitro benzene ring substituents is 1. The zero-order valence-corrected chi connectivity index (χ0v) is 12.2. The highest BCUT2D eigenvalue weighted by molar-refractivity contribution is 5.96. The molecule has 1 amide bonds. The van der Waals surface area contributed by atoms with Gasteiger partial charge < -0.3 is 15.8 Å². The largest absolute Gasteiger partial charge is 0.452 e. The second kappa shape index (κ2) is 7.18. The molecule has 0 unspecified atom stereocenters. The molecule has 8 nitrogen and oxygen atoms in total. The number of ether oxygens (including phenoxy) is 1. The Labute approximate surface area is 135 Å². The van der Waals surface area contributed by atoms with Gasteiger partial charge >= 0.3 is 5.97 Å². The van der Waals surface area contributed by atoms with Crippen molar-refractivity contribution in [2.75, 3.05) is 17.7 Å². The van der Waals surface area contributed by atoms with Gasteiger partial charge in [0.2, 0.25) is 0 Å². The molecule has 0 fully saturated rings. The molecule has 0 saturated heterocycles. The maximum Gasteiger partial charge on any atom is 0.338 e. The lowest BCUT2D eigenvalue weighted by atomic mass is 10.2. The fourth-order valence-electron chi connectivity index (χ4n) is 1.77. The molecule has 2 aromatic carbocycles. The van der Waals surface area contributed by atoms with E-state index in [2.05, 4.69) is 5.32 Å². The van der Waals surface area contributed by atoms with Gasteiger partial charge in [0.25, 0.3) is 11.6 Å². The molecule has 9 heteroatoms. The van der Waals surface area contributed by atoms with Crippen LogP contribution in [0.15, 0.2) is 42.5 Å². The van der Waals surface area contributed by atoms with Gasteiger partial charge in [-0.25, -0.2) is 9.18 Å². The first-order valence-corrected chi connectivity index (χ1v) is 6.63. The molecular weight excluding hydrogens is 321 g/mol. The molecule has 124 valence electrons. The lowest BCUT2D eigenvalue weighted by Gasteiger charge is -2.07. The average molecular weight is 333 g/mol. The van der Waals surface area contributed by atoms with Crippen LogP contribution in [0.3, 0.4) is 0 Å². The van der Waals surface area contributed by atoms with Crippen molar-refractivity contribution in [3.8, 4) is 0 Å². The fourth-order valence-corrected chi connectivity index (χ4v) is 1.77. The number of nitrogen functional groups attached to an aromatic ring is 1. The Balaban J connectivity index is 1.95. The summed E-state index contributed by atoms with van der Waals surface area (Å²) in [4.78, 5) is 33.5. The number of anilines is 2. The fraction of sp³-hybridized carbons (Fsp3) is 0.0667. The van der Waals surface area contributed by atoms with Crippen molar-refractivity contribution in [2.24, 2.45) is 0 Å². The van der Waals surface area contributed by atoms with E-state index in [0.29, 0.717) is 5.69 Å². The van der Waals surface area contributed by atoms with Gasteiger partial charge in [-0.05, 0) is 36.4 Å². The Morgan fingerprint density at radius 2 is 1.88 bits per heavy atom. The molecule has 0 atom stereocenters. The van der Waals surface area contributed by atoms with E-state index < -0.39 is 34.9 Å². The standard InChI is InChI=1S/C15H12FN3O5/c16-10-2-4-11(5-3-10)18-14(20)8-24-15(21)9-1-6-12(17)13(7-9)19(22)23/h1-7H,8,17H2,(H,18,20). The number of carbonyl (C=O) groups excluding carboxylic acids is 2. The number of nitrogens with one attached hydrogen (secondary N) is 1. The van der Waals surface area contributed by atoms with Gasteiger partial charge in [0.05, 0.1) is 10.5 Å². The van der Waals surface area contributed by atoms with Crippen molar-refractivity contribution in [1.29, 1.82) is 0 Å². The molecular formula is C15H12FN3O5. The number of nitrogens with two attached hydrogens (primary N) is 1. The number of rotatable bonds is 5. The molecule has 2 aromatic rings. The van der Waals surface area contributed by atoms with E-state index in [4.69, 9.17) is 10.5 Å². The number of nitrogens with zero attached hydrogens (tertiary/aromatic N) is 1. The molecule has 0 aliphatic carbocycles. The van der Waals surface area contributed by atoms with E-state index in [1.54, 1.807) is 0 Å². The zero-order valence-electron chi connectivity index (χ0n) is 12.2. The first-order valence-electron chi connectivity index (χ1n) is 6.63. The van der Waals surface area contributed by atoms with Crippen LogP contribution in [0.2, 0.25) is 0 Å². The second-order valence-corrected chi connectivity index (χ2v) is 4.66. The van der Waals surface area contributed by atoms with Crippen molar-refractivity contribution in [3.63, 3.8) is 0 Å². The summed E-state index contributed by atoms with van der Waals surface area (Å²) in [6.45, 7) is -0.603. The summed E-state index contributed by atoms with van der Waals surface area (Å²) < 4.78 is 17.5. The monoisotopic (exact) mass is 333 g/mol. The average Bonchev–Trinajstić information content (AvgIpc) is 2.55. The van der Waals surface area contributed by atoms with Gasteiger partial charge in [0.1, 0.15) is 11.5 Å². The lowest BCUT2D eigenvalue weighted by Crippen LogP contribution is -2.21. The van der Waals surface area contributed by atoms with Crippen molar-refractivity contribution < 1.29 is 23.6 Å². The van der Waals surface area contributed by atoms with Crippen LogP contribution < -0.4 is 11.1 Å². The summed E-state index contributed by atoms with van der Waals surface area (Å²) in [5.74, 6) is -2.00. The summed E-state index contributed by atoms with van der Waals surface area (Å²) in [5.41, 5.74) is 5.13. The lowest BCUT2D eigenvalue weighted by molar-refractivity contribution is -0.383. The second-order valence-electron chi connectivity index (χ2n) is 4.66. The molecule has 0 aliphatic rings. The number of nitro groups is 1. The maximum absolute atomic E-state index is 12.7. The SMILES string of the molecule is Nc1ccc(C(=O)OCC(=O)Nc2ccc(F)cc2)cc1[N+](=O)[O-]. The molecule has 0 aromatic heterocycles.